The molecule has 0 bridgehead atoms. The van der Waals surface area contributed by atoms with E-state index in [1.165, 1.54) is 0 Å². The molecule has 0 rings (SSSR count). The Balaban J connectivity index is 4.40. The minimum Gasteiger partial charge on any atom is -0.341 e. The molecule has 1 unspecified atom stereocenters. The van der Waals surface area contributed by atoms with Crippen molar-refractivity contribution in [2.75, 3.05) is 13.1 Å². The van der Waals surface area contributed by atoms with Crippen molar-refractivity contribution in [2.24, 2.45) is 11.8 Å². The summed E-state index contributed by atoms with van der Waals surface area (Å²) in [5.74, 6) is 1.07. The average molecular weight is 234 g/mol. The summed E-state index contributed by atoms with van der Waals surface area (Å²) in [7, 11) is 0. The molecular weight excluding hydrogens is 210 g/mol. The first-order chi connectivity index (χ1) is 6.88. The van der Waals surface area contributed by atoms with Gasteiger partial charge in [-0.15, -0.1) is 11.6 Å². The zero-order valence-electron chi connectivity index (χ0n) is 10.6. The zero-order chi connectivity index (χ0) is 12.0. The van der Waals surface area contributed by atoms with Crippen LogP contribution in [0, 0.1) is 11.8 Å². The van der Waals surface area contributed by atoms with Crippen LogP contribution < -0.4 is 0 Å². The number of hydrogen-bond donors (Lipinski definition) is 0. The van der Waals surface area contributed by atoms with E-state index in [0.29, 0.717) is 18.3 Å². The second kappa shape index (κ2) is 7.10. The standard InChI is InChI=1S/C12H24ClNO/c1-6-11(13)12(15)14(7-9(2)3)8-10(4)5/h9-11H,6-8H2,1-5H3. The molecule has 0 saturated carbocycles. The number of nitrogens with zero attached hydrogens (tertiary/aromatic N) is 1. The van der Waals surface area contributed by atoms with Crippen molar-refractivity contribution in [1.29, 1.82) is 0 Å². The SMILES string of the molecule is CCC(Cl)C(=O)N(CC(C)C)CC(C)C. The van der Waals surface area contributed by atoms with Crippen molar-refractivity contribution in [3.8, 4) is 0 Å². The molecule has 0 aromatic heterocycles. The Morgan fingerprint density at radius 3 is 1.80 bits per heavy atom. The molecule has 0 fully saturated rings. The van der Waals surface area contributed by atoms with E-state index < -0.39 is 0 Å². The van der Waals surface area contributed by atoms with Gasteiger partial charge >= 0.3 is 0 Å². The van der Waals surface area contributed by atoms with Crippen LogP contribution in [0.1, 0.15) is 41.0 Å². The van der Waals surface area contributed by atoms with Gasteiger partial charge in [0.1, 0.15) is 5.38 Å². The summed E-state index contributed by atoms with van der Waals surface area (Å²) in [5.41, 5.74) is 0. The van der Waals surface area contributed by atoms with E-state index in [0.717, 1.165) is 13.1 Å². The van der Waals surface area contributed by atoms with Crippen molar-refractivity contribution in [3.05, 3.63) is 0 Å². The fourth-order valence-electron chi connectivity index (χ4n) is 1.51. The maximum Gasteiger partial charge on any atom is 0.240 e. The average Bonchev–Trinajstić information content (AvgIpc) is 2.13. The molecule has 0 aliphatic carbocycles. The summed E-state index contributed by atoms with van der Waals surface area (Å²) in [6.07, 6.45) is 0.701. The third-order valence-electron chi connectivity index (χ3n) is 2.11. The lowest BCUT2D eigenvalue weighted by Crippen LogP contribution is -2.41. The fourth-order valence-corrected chi connectivity index (χ4v) is 1.65. The van der Waals surface area contributed by atoms with Gasteiger partial charge in [0.25, 0.3) is 0 Å². The van der Waals surface area contributed by atoms with Gasteiger partial charge in [0.05, 0.1) is 0 Å². The first-order valence-electron chi connectivity index (χ1n) is 5.81. The Morgan fingerprint density at radius 1 is 1.13 bits per heavy atom. The fraction of sp³-hybridized carbons (Fsp3) is 0.917. The lowest BCUT2D eigenvalue weighted by atomic mass is 10.1. The van der Waals surface area contributed by atoms with E-state index in [4.69, 9.17) is 11.6 Å². The van der Waals surface area contributed by atoms with Crippen LogP contribution in [0.3, 0.4) is 0 Å². The Labute approximate surface area is 99.0 Å². The molecule has 0 aliphatic rings. The highest BCUT2D eigenvalue weighted by Crippen LogP contribution is 2.11. The van der Waals surface area contributed by atoms with E-state index >= 15 is 0 Å². The number of hydrogen-bond acceptors (Lipinski definition) is 1. The smallest absolute Gasteiger partial charge is 0.240 e. The summed E-state index contributed by atoms with van der Waals surface area (Å²) in [5, 5.41) is -0.359. The molecule has 0 aliphatic heterocycles. The Bertz CT molecular complexity index is 182. The molecule has 15 heavy (non-hydrogen) atoms. The van der Waals surface area contributed by atoms with Gasteiger partial charge in [-0.2, -0.15) is 0 Å². The van der Waals surface area contributed by atoms with Crippen LogP contribution in [-0.4, -0.2) is 29.3 Å². The lowest BCUT2D eigenvalue weighted by molar-refractivity contribution is -0.131. The first-order valence-corrected chi connectivity index (χ1v) is 6.24. The Morgan fingerprint density at radius 2 is 1.53 bits per heavy atom. The Hall–Kier alpha value is -0.240. The molecule has 0 aromatic carbocycles. The summed E-state index contributed by atoms with van der Waals surface area (Å²) in [6, 6.07) is 0. The molecule has 0 aromatic rings. The van der Waals surface area contributed by atoms with Crippen molar-refractivity contribution in [1.82, 2.24) is 4.90 Å². The molecule has 0 heterocycles. The molecule has 2 nitrogen and oxygen atoms in total. The van der Waals surface area contributed by atoms with Gasteiger partial charge in [-0.25, -0.2) is 0 Å². The molecule has 1 atom stereocenters. The second-order valence-corrected chi connectivity index (χ2v) is 5.43. The monoisotopic (exact) mass is 233 g/mol. The van der Waals surface area contributed by atoms with Gasteiger partial charge in [-0.1, -0.05) is 34.6 Å². The van der Waals surface area contributed by atoms with Crippen LogP contribution in [0.15, 0.2) is 0 Å². The van der Waals surface area contributed by atoms with E-state index in [1.54, 1.807) is 0 Å². The number of amides is 1. The van der Waals surface area contributed by atoms with Gasteiger partial charge < -0.3 is 4.90 Å². The summed E-state index contributed by atoms with van der Waals surface area (Å²) < 4.78 is 0. The van der Waals surface area contributed by atoms with Gasteiger partial charge in [-0.05, 0) is 18.3 Å². The molecule has 3 heteroatoms. The molecule has 0 spiro atoms. The predicted octanol–water partition coefficient (Wildman–Crippen LogP) is 3.14. The third kappa shape index (κ3) is 6.03. The number of alkyl halides is 1. The number of carbonyl (C=O) groups is 1. The van der Waals surface area contributed by atoms with Crippen molar-refractivity contribution in [2.45, 2.75) is 46.4 Å². The van der Waals surface area contributed by atoms with E-state index in [-0.39, 0.29) is 11.3 Å². The van der Waals surface area contributed by atoms with E-state index in [9.17, 15) is 4.79 Å². The lowest BCUT2D eigenvalue weighted by Gasteiger charge is -2.28. The summed E-state index contributed by atoms with van der Waals surface area (Å²) in [4.78, 5) is 13.8. The van der Waals surface area contributed by atoms with Crippen molar-refractivity contribution in [3.63, 3.8) is 0 Å². The third-order valence-corrected chi connectivity index (χ3v) is 2.60. The van der Waals surface area contributed by atoms with Crippen LogP contribution in [-0.2, 0) is 4.79 Å². The number of rotatable bonds is 6. The maximum absolute atomic E-state index is 11.9. The molecule has 0 saturated heterocycles. The largest absolute Gasteiger partial charge is 0.341 e. The zero-order valence-corrected chi connectivity index (χ0v) is 11.3. The molecule has 0 radical (unpaired) electrons. The number of halogens is 1. The van der Waals surface area contributed by atoms with Crippen LogP contribution in [0.2, 0.25) is 0 Å². The molecule has 1 amide bonds. The molecular formula is C12H24ClNO. The van der Waals surface area contributed by atoms with E-state index in [2.05, 4.69) is 27.7 Å². The summed E-state index contributed by atoms with van der Waals surface area (Å²) >= 11 is 5.99. The van der Waals surface area contributed by atoms with Crippen molar-refractivity contribution < 1.29 is 4.79 Å². The van der Waals surface area contributed by atoms with Crippen LogP contribution in [0.25, 0.3) is 0 Å². The van der Waals surface area contributed by atoms with Crippen molar-refractivity contribution >= 4 is 17.5 Å². The van der Waals surface area contributed by atoms with Crippen LogP contribution in [0.5, 0.6) is 0 Å². The molecule has 0 N–H and O–H groups in total. The highest BCUT2D eigenvalue weighted by molar-refractivity contribution is 6.30. The molecule has 90 valence electrons. The maximum atomic E-state index is 11.9. The topological polar surface area (TPSA) is 20.3 Å². The minimum atomic E-state index is -0.359. The second-order valence-electron chi connectivity index (χ2n) is 4.91. The van der Waals surface area contributed by atoms with Gasteiger partial charge in [0.15, 0.2) is 0 Å². The Kier molecular flexibility index (Phi) is 6.99. The first kappa shape index (κ1) is 14.8. The van der Waals surface area contributed by atoms with Crippen LogP contribution in [0.4, 0.5) is 0 Å². The van der Waals surface area contributed by atoms with E-state index in [1.807, 2.05) is 11.8 Å². The predicted molar refractivity (Wildman–Crippen MR) is 66.2 cm³/mol. The minimum absolute atomic E-state index is 0.0848. The highest BCUT2D eigenvalue weighted by Gasteiger charge is 2.21. The summed E-state index contributed by atoms with van der Waals surface area (Å²) in [6.45, 7) is 12.0. The van der Waals surface area contributed by atoms with Gasteiger partial charge in [0.2, 0.25) is 5.91 Å². The van der Waals surface area contributed by atoms with Crippen LogP contribution >= 0.6 is 11.6 Å². The number of carbonyl (C=O) groups excluding carboxylic acids is 1. The van der Waals surface area contributed by atoms with Gasteiger partial charge in [-0.3, -0.25) is 4.79 Å². The highest BCUT2D eigenvalue weighted by atomic mass is 35.5. The normalized spacial score (nSPS) is 13.3. The van der Waals surface area contributed by atoms with Gasteiger partial charge in [0, 0.05) is 13.1 Å². The quantitative estimate of drug-likeness (QED) is 0.646.